The number of likely N-dealkylation sites (tertiary alicyclic amines) is 2. The molecule has 3 aliphatic heterocycles. The molecule has 9 nitrogen and oxygen atoms in total. The van der Waals surface area contributed by atoms with Crippen LogP contribution in [-0.4, -0.2) is 100 Å². The Bertz CT molecular complexity index is 824. The van der Waals surface area contributed by atoms with E-state index in [0.29, 0.717) is 18.3 Å². The van der Waals surface area contributed by atoms with Gasteiger partial charge in [0.2, 0.25) is 17.7 Å². The summed E-state index contributed by atoms with van der Waals surface area (Å²) in [6.45, 7) is 15.4. The monoisotopic (exact) mass is 460 g/mol. The molecule has 3 saturated heterocycles. The highest BCUT2D eigenvalue weighted by molar-refractivity contribution is 5.79. The Balaban J connectivity index is 1.42. The van der Waals surface area contributed by atoms with Crippen LogP contribution in [0.25, 0.3) is 0 Å². The lowest BCUT2D eigenvalue weighted by atomic mass is 9.76. The predicted octanol–water partition coefficient (Wildman–Crippen LogP) is 1.94. The Morgan fingerprint density at radius 3 is 2.36 bits per heavy atom. The van der Waals surface area contributed by atoms with Crippen LogP contribution in [0.2, 0.25) is 0 Å². The maximum Gasteiger partial charge on any atom is 0.244 e. The Kier molecular flexibility index (Phi) is 7.38. The second-order valence-electron chi connectivity index (χ2n) is 10.5. The number of aromatic nitrogens is 2. The largest absolute Gasteiger partial charge is 0.342 e. The van der Waals surface area contributed by atoms with Crippen LogP contribution in [0.3, 0.4) is 0 Å². The van der Waals surface area contributed by atoms with Crippen molar-refractivity contribution in [2.24, 2.45) is 11.3 Å². The normalized spacial score (nSPS) is 24.2. The van der Waals surface area contributed by atoms with Gasteiger partial charge in [0.05, 0.1) is 12.6 Å². The Labute approximate surface area is 197 Å². The quantitative estimate of drug-likeness (QED) is 0.641. The second kappa shape index (κ2) is 10.1. The molecule has 0 radical (unpaired) electrons. The highest BCUT2D eigenvalue weighted by Crippen LogP contribution is 2.48. The minimum Gasteiger partial charge on any atom is -0.342 e. The molecule has 184 valence electrons. The number of carbonyl (C=O) groups is 2. The highest BCUT2D eigenvalue weighted by Gasteiger charge is 2.49. The summed E-state index contributed by atoms with van der Waals surface area (Å²) in [5, 5.41) is 4.01. The van der Waals surface area contributed by atoms with E-state index in [2.05, 4.69) is 26.9 Å². The van der Waals surface area contributed by atoms with Gasteiger partial charge in [0.25, 0.3) is 0 Å². The fourth-order valence-electron chi connectivity index (χ4n) is 5.74. The molecule has 0 N–H and O–H groups in total. The molecule has 1 unspecified atom stereocenters. The van der Waals surface area contributed by atoms with Crippen LogP contribution >= 0.6 is 0 Å². The summed E-state index contributed by atoms with van der Waals surface area (Å²) in [4.78, 5) is 38.9. The molecule has 0 aromatic carbocycles. The van der Waals surface area contributed by atoms with Crippen molar-refractivity contribution in [3.8, 4) is 0 Å². The van der Waals surface area contributed by atoms with Crippen LogP contribution in [0.1, 0.15) is 64.2 Å². The van der Waals surface area contributed by atoms with E-state index in [1.54, 1.807) is 0 Å². The zero-order valence-electron chi connectivity index (χ0n) is 20.8. The standard InChI is InChI=1S/C24H40N6O3/c1-5-8-27-11-13-28(14-12-27)21(31)16-30-17-24(15-20(30)22-25-19(4)26-33-22)6-9-29(10-7-24)23(32)18(2)3/h18,20H,5-17H2,1-4H3. The molecule has 3 aliphatic rings. The summed E-state index contributed by atoms with van der Waals surface area (Å²) in [5.74, 6) is 1.70. The molecule has 4 rings (SSSR count). The van der Waals surface area contributed by atoms with E-state index in [1.165, 1.54) is 0 Å². The summed E-state index contributed by atoms with van der Waals surface area (Å²) in [6.07, 6.45) is 3.95. The van der Waals surface area contributed by atoms with Gasteiger partial charge in [0.15, 0.2) is 5.82 Å². The van der Waals surface area contributed by atoms with Gasteiger partial charge in [0, 0.05) is 51.7 Å². The molecule has 1 aromatic rings. The fraction of sp³-hybridized carbons (Fsp3) is 0.833. The molecule has 0 bridgehead atoms. The van der Waals surface area contributed by atoms with Gasteiger partial charge in [-0.2, -0.15) is 4.98 Å². The van der Waals surface area contributed by atoms with E-state index < -0.39 is 0 Å². The molecule has 33 heavy (non-hydrogen) atoms. The lowest BCUT2D eigenvalue weighted by Crippen LogP contribution is -2.51. The number of carbonyl (C=O) groups excluding carboxylic acids is 2. The fourth-order valence-corrected chi connectivity index (χ4v) is 5.74. The van der Waals surface area contributed by atoms with Crippen LogP contribution < -0.4 is 0 Å². The van der Waals surface area contributed by atoms with E-state index in [-0.39, 0.29) is 29.2 Å². The van der Waals surface area contributed by atoms with Crippen molar-refractivity contribution in [3.63, 3.8) is 0 Å². The molecule has 2 amide bonds. The van der Waals surface area contributed by atoms with Crippen LogP contribution in [-0.2, 0) is 9.59 Å². The first kappa shape index (κ1) is 24.1. The Hall–Kier alpha value is -2.00. The van der Waals surface area contributed by atoms with Crippen LogP contribution in [0.4, 0.5) is 0 Å². The smallest absolute Gasteiger partial charge is 0.244 e. The number of piperidine rings is 1. The minimum absolute atomic E-state index is 0.0312. The van der Waals surface area contributed by atoms with E-state index in [4.69, 9.17) is 4.52 Å². The van der Waals surface area contributed by atoms with E-state index >= 15 is 0 Å². The van der Waals surface area contributed by atoms with Gasteiger partial charge in [0.1, 0.15) is 0 Å². The number of nitrogens with zero attached hydrogens (tertiary/aromatic N) is 6. The summed E-state index contributed by atoms with van der Waals surface area (Å²) in [6, 6.07) is -0.0381. The molecule has 1 aromatic heterocycles. The van der Waals surface area contributed by atoms with Gasteiger partial charge in [-0.1, -0.05) is 25.9 Å². The van der Waals surface area contributed by atoms with Crippen molar-refractivity contribution in [1.29, 1.82) is 0 Å². The number of rotatable bonds is 6. The molecule has 9 heteroatoms. The van der Waals surface area contributed by atoms with Gasteiger partial charge in [-0.05, 0) is 44.6 Å². The molecular weight excluding hydrogens is 420 g/mol. The molecule has 4 heterocycles. The molecular formula is C24H40N6O3. The average molecular weight is 461 g/mol. The summed E-state index contributed by atoms with van der Waals surface area (Å²) in [7, 11) is 0. The average Bonchev–Trinajstić information content (AvgIpc) is 3.38. The van der Waals surface area contributed by atoms with Crippen molar-refractivity contribution in [2.75, 3.05) is 58.9 Å². The molecule has 3 fully saturated rings. The third-order valence-electron chi connectivity index (χ3n) is 7.67. The molecule has 0 saturated carbocycles. The Morgan fingerprint density at radius 1 is 1.09 bits per heavy atom. The lowest BCUT2D eigenvalue weighted by Gasteiger charge is -2.40. The number of amides is 2. The van der Waals surface area contributed by atoms with Crippen LogP contribution in [0.15, 0.2) is 4.52 Å². The van der Waals surface area contributed by atoms with Crippen molar-refractivity contribution in [2.45, 2.75) is 59.4 Å². The lowest BCUT2D eigenvalue weighted by molar-refractivity contribution is -0.136. The number of aryl methyl sites for hydroxylation is 1. The van der Waals surface area contributed by atoms with Crippen molar-refractivity contribution < 1.29 is 14.1 Å². The van der Waals surface area contributed by atoms with Crippen molar-refractivity contribution in [1.82, 2.24) is 29.7 Å². The molecule has 1 atom stereocenters. The third kappa shape index (κ3) is 5.40. The van der Waals surface area contributed by atoms with Gasteiger partial charge in [-0.3, -0.25) is 19.4 Å². The van der Waals surface area contributed by atoms with E-state index in [0.717, 1.165) is 78.0 Å². The highest BCUT2D eigenvalue weighted by atomic mass is 16.5. The summed E-state index contributed by atoms with van der Waals surface area (Å²) < 4.78 is 5.57. The maximum absolute atomic E-state index is 13.2. The second-order valence-corrected chi connectivity index (χ2v) is 10.5. The number of hydrogen-bond donors (Lipinski definition) is 0. The van der Waals surface area contributed by atoms with Gasteiger partial charge in [-0.25, -0.2) is 0 Å². The van der Waals surface area contributed by atoms with Gasteiger partial charge < -0.3 is 14.3 Å². The summed E-state index contributed by atoms with van der Waals surface area (Å²) >= 11 is 0. The van der Waals surface area contributed by atoms with Crippen molar-refractivity contribution >= 4 is 11.8 Å². The van der Waals surface area contributed by atoms with Crippen LogP contribution in [0.5, 0.6) is 0 Å². The van der Waals surface area contributed by atoms with Crippen molar-refractivity contribution in [3.05, 3.63) is 11.7 Å². The SMILES string of the molecule is CCCN1CCN(C(=O)CN2CC3(CCN(C(=O)C(C)C)CC3)CC2c2nc(C)no2)CC1. The van der Waals surface area contributed by atoms with E-state index in [1.807, 2.05) is 30.6 Å². The summed E-state index contributed by atoms with van der Waals surface area (Å²) in [5.41, 5.74) is 0.0842. The number of piperazine rings is 1. The van der Waals surface area contributed by atoms with Gasteiger partial charge >= 0.3 is 0 Å². The topological polar surface area (TPSA) is 86.0 Å². The first-order chi connectivity index (χ1) is 15.8. The molecule has 1 spiro atoms. The zero-order valence-corrected chi connectivity index (χ0v) is 20.8. The third-order valence-corrected chi connectivity index (χ3v) is 7.67. The predicted molar refractivity (Wildman–Crippen MR) is 124 cm³/mol. The first-order valence-corrected chi connectivity index (χ1v) is 12.6. The maximum atomic E-state index is 13.2. The zero-order chi connectivity index (χ0) is 23.6. The van der Waals surface area contributed by atoms with Crippen LogP contribution in [0, 0.1) is 18.3 Å². The number of hydrogen-bond acceptors (Lipinski definition) is 7. The Morgan fingerprint density at radius 2 is 1.79 bits per heavy atom. The van der Waals surface area contributed by atoms with E-state index in [9.17, 15) is 9.59 Å². The first-order valence-electron chi connectivity index (χ1n) is 12.6. The minimum atomic E-state index is -0.0381. The molecule has 0 aliphatic carbocycles. The van der Waals surface area contributed by atoms with Gasteiger partial charge in [-0.15, -0.1) is 0 Å².